The summed E-state index contributed by atoms with van der Waals surface area (Å²) in [6, 6.07) is -0.312. The molecule has 1 rings (SSSR count). The number of carbonyl (C=O) groups is 1. The third-order valence-electron chi connectivity index (χ3n) is 2.52. The molecule has 0 spiro atoms. The summed E-state index contributed by atoms with van der Waals surface area (Å²) in [6.07, 6.45) is 9.12. The molecule has 0 aliphatic heterocycles. The number of hydrogen-bond donors (Lipinski definition) is 1. The van der Waals surface area contributed by atoms with Gasteiger partial charge in [0.1, 0.15) is 0 Å². The molecule has 1 aliphatic rings. The van der Waals surface area contributed by atoms with Crippen LogP contribution >= 0.6 is 0 Å². The van der Waals surface area contributed by atoms with Crippen LogP contribution < -0.4 is 5.73 Å². The van der Waals surface area contributed by atoms with E-state index in [1.165, 1.54) is 5.57 Å². The summed E-state index contributed by atoms with van der Waals surface area (Å²) in [7, 11) is 0. The molecule has 14 heavy (non-hydrogen) atoms. The van der Waals surface area contributed by atoms with E-state index in [2.05, 4.69) is 12.2 Å². The molecule has 0 unspecified atom stereocenters. The van der Waals surface area contributed by atoms with E-state index >= 15 is 0 Å². The fraction of sp³-hybridized carbons (Fsp3) is 0.583. The predicted octanol–water partition coefficient (Wildman–Crippen LogP) is 2.21. The topological polar surface area (TPSA) is 43.1 Å². The van der Waals surface area contributed by atoms with Gasteiger partial charge in [0.15, 0.2) is 5.78 Å². The molecule has 0 aromatic heterocycles. The Kier molecular flexibility index (Phi) is 4.08. The van der Waals surface area contributed by atoms with Gasteiger partial charge in [0, 0.05) is 5.92 Å². The van der Waals surface area contributed by atoms with Gasteiger partial charge in [-0.2, -0.15) is 0 Å². The van der Waals surface area contributed by atoms with Crippen LogP contribution in [0.4, 0.5) is 0 Å². The molecule has 0 heterocycles. The van der Waals surface area contributed by atoms with E-state index in [-0.39, 0.29) is 17.7 Å². The summed E-state index contributed by atoms with van der Waals surface area (Å²) < 4.78 is 0. The summed E-state index contributed by atoms with van der Waals surface area (Å²) in [5.74, 6) is 0.213. The first-order valence-electron chi connectivity index (χ1n) is 5.25. The minimum Gasteiger partial charge on any atom is -0.321 e. The zero-order valence-electron chi connectivity index (χ0n) is 8.99. The van der Waals surface area contributed by atoms with Crippen LogP contribution in [0.15, 0.2) is 23.8 Å². The van der Waals surface area contributed by atoms with Gasteiger partial charge < -0.3 is 5.73 Å². The van der Waals surface area contributed by atoms with Crippen molar-refractivity contribution in [2.24, 2.45) is 11.7 Å². The highest BCUT2D eigenvalue weighted by molar-refractivity contribution is 5.85. The summed E-state index contributed by atoms with van der Waals surface area (Å²) >= 11 is 0. The second-order valence-electron chi connectivity index (χ2n) is 4.16. The molecule has 2 N–H and O–H groups in total. The number of hydrogen-bond acceptors (Lipinski definition) is 2. The second-order valence-corrected chi connectivity index (χ2v) is 4.16. The normalized spacial score (nSPS) is 18.1. The average molecular weight is 193 g/mol. The lowest BCUT2D eigenvalue weighted by molar-refractivity contribution is -0.123. The van der Waals surface area contributed by atoms with Gasteiger partial charge in [-0.15, -0.1) is 0 Å². The van der Waals surface area contributed by atoms with Crippen molar-refractivity contribution >= 4 is 5.78 Å². The summed E-state index contributed by atoms with van der Waals surface area (Å²) in [5.41, 5.74) is 7.13. The smallest absolute Gasteiger partial charge is 0.152 e. The SMILES string of the molecule is CC(C)C(=O)[C@@H](N)CC1=CC=CCC1. The summed E-state index contributed by atoms with van der Waals surface area (Å²) in [5, 5.41) is 0. The molecule has 0 aromatic rings. The molecule has 0 aromatic carbocycles. The molecule has 2 nitrogen and oxygen atoms in total. The zero-order chi connectivity index (χ0) is 10.6. The average Bonchev–Trinajstić information content (AvgIpc) is 2.18. The molecular formula is C12H19NO. The lowest BCUT2D eigenvalue weighted by Crippen LogP contribution is -2.34. The van der Waals surface area contributed by atoms with Gasteiger partial charge in [0.05, 0.1) is 6.04 Å². The number of carbonyl (C=O) groups excluding carboxylic acids is 1. The van der Waals surface area contributed by atoms with Gasteiger partial charge in [-0.05, 0) is 19.3 Å². The minimum absolute atomic E-state index is 0.0460. The van der Waals surface area contributed by atoms with Crippen molar-refractivity contribution in [3.8, 4) is 0 Å². The lowest BCUT2D eigenvalue weighted by Gasteiger charge is -2.16. The Morgan fingerprint density at radius 3 is 2.79 bits per heavy atom. The van der Waals surface area contributed by atoms with Crippen molar-refractivity contribution < 1.29 is 4.79 Å². The quantitative estimate of drug-likeness (QED) is 0.743. The highest BCUT2D eigenvalue weighted by Gasteiger charge is 2.18. The maximum atomic E-state index is 11.5. The van der Waals surface area contributed by atoms with Crippen LogP contribution in [0, 0.1) is 5.92 Å². The number of allylic oxidation sites excluding steroid dienone is 3. The van der Waals surface area contributed by atoms with Crippen LogP contribution in [0.25, 0.3) is 0 Å². The van der Waals surface area contributed by atoms with E-state index in [0.717, 1.165) is 19.3 Å². The second kappa shape index (κ2) is 5.11. The number of Topliss-reactive ketones (excluding diaryl/α,β-unsaturated/α-hetero) is 1. The van der Waals surface area contributed by atoms with E-state index in [9.17, 15) is 4.79 Å². The summed E-state index contributed by atoms with van der Waals surface area (Å²) in [6.45, 7) is 3.80. The first-order chi connectivity index (χ1) is 6.61. The highest BCUT2D eigenvalue weighted by atomic mass is 16.1. The van der Waals surface area contributed by atoms with Gasteiger partial charge in [0.25, 0.3) is 0 Å². The van der Waals surface area contributed by atoms with Gasteiger partial charge in [-0.25, -0.2) is 0 Å². The van der Waals surface area contributed by atoms with Crippen molar-refractivity contribution in [1.82, 2.24) is 0 Å². The third-order valence-corrected chi connectivity index (χ3v) is 2.52. The molecule has 0 amide bonds. The lowest BCUT2D eigenvalue weighted by atomic mass is 9.93. The van der Waals surface area contributed by atoms with Gasteiger partial charge >= 0.3 is 0 Å². The first-order valence-corrected chi connectivity index (χ1v) is 5.25. The third kappa shape index (κ3) is 3.11. The molecular weight excluding hydrogens is 174 g/mol. The van der Waals surface area contributed by atoms with E-state index < -0.39 is 0 Å². The van der Waals surface area contributed by atoms with Gasteiger partial charge in [-0.1, -0.05) is 37.6 Å². The Hall–Kier alpha value is -0.890. The Morgan fingerprint density at radius 2 is 2.29 bits per heavy atom. The monoisotopic (exact) mass is 193 g/mol. The summed E-state index contributed by atoms with van der Waals surface area (Å²) in [4.78, 5) is 11.5. The van der Waals surface area contributed by atoms with E-state index in [0.29, 0.717) is 0 Å². The fourth-order valence-corrected chi connectivity index (χ4v) is 1.63. The minimum atomic E-state index is -0.312. The van der Waals surface area contributed by atoms with Crippen molar-refractivity contribution in [3.63, 3.8) is 0 Å². The number of nitrogens with two attached hydrogens (primary N) is 1. The molecule has 0 saturated carbocycles. The largest absolute Gasteiger partial charge is 0.321 e. The molecule has 1 atom stereocenters. The zero-order valence-corrected chi connectivity index (χ0v) is 8.99. The predicted molar refractivity (Wildman–Crippen MR) is 58.9 cm³/mol. The van der Waals surface area contributed by atoms with E-state index in [4.69, 9.17) is 5.73 Å². The Labute approximate surface area is 85.9 Å². The van der Waals surface area contributed by atoms with E-state index in [1.54, 1.807) is 0 Å². The Bertz CT molecular complexity index is 263. The van der Waals surface area contributed by atoms with E-state index in [1.807, 2.05) is 19.9 Å². The molecule has 0 fully saturated rings. The Morgan fingerprint density at radius 1 is 1.57 bits per heavy atom. The molecule has 0 radical (unpaired) electrons. The molecule has 0 bridgehead atoms. The Balaban J connectivity index is 2.47. The highest BCUT2D eigenvalue weighted by Crippen LogP contribution is 2.17. The van der Waals surface area contributed by atoms with Crippen LogP contribution in [0.2, 0.25) is 0 Å². The molecule has 0 saturated heterocycles. The fourth-order valence-electron chi connectivity index (χ4n) is 1.63. The molecule has 2 heteroatoms. The van der Waals surface area contributed by atoms with Crippen LogP contribution in [-0.2, 0) is 4.79 Å². The van der Waals surface area contributed by atoms with Crippen LogP contribution in [0.3, 0.4) is 0 Å². The maximum Gasteiger partial charge on any atom is 0.152 e. The first kappa shape index (κ1) is 11.2. The van der Waals surface area contributed by atoms with Gasteiger partial charge in [-0.3, -0.25) is 4.79 Å². The maximum absolute atomic E-state index is 11.5. The molecule has 1 aliphatic carbocycles. The number of rotatable bonds is 4. The standard InChI is InChI=1S/C12H19NO/c1-9(2)12(14)11(13)8-10-6-4-3-5-7-10/h3-4,6,9,11H,5,7-8,13H2,1-2H3/t11-/m0/s1. The van der Waals surface area contributed by atoms with Crippen LogP contribution in [-0.4, -0.2) is 11.8 Å². The van der Waals surface area contributed by atoms with Crippen LogP contribution in [0.5, 0.6) is 0 Å². The number of ketones is 1. The van der Waals surface area contributed by atoms with Gasteiger partial charge in [0.2, 0.25) is 0 Å². The van der Waals surface area contributed by atoms with Crippen molar-refractivity contribution in [2.45, 2.75) is 39.2 Å². The van der Waals surface area contributed by atoms with Crippen molar-refractivity contribution in [3.05, 3.63) is 23.8 Å². The van der Waals surface area contributed by atoms with Crippen molar-refractivity contribution in [2.75, 3.05) is 0 Å². The van der Waals surface area contributed by atoms with Crippen molar-refractivity contribution in [1.29, 1.82) is 0 Å². The van der Waals surface area contributed by atoms with Crippen LogP contribution in [0.1, 0.15) is 33.1 Å². The molecule has 78 valence electrons.